The Balaban J connectivity index is 0.000000421. The summed E-state index contributed by atoms with van der Waals surface area (Å²) in [5.41, 5.74) is 3.07. The zero-order chi connectivity index (χ0) is 24.6. The third-order valence-corrected chi connectivity index (χ3v) is 6.05. The predicted octanol–water partition coefficient (Wildman–Crippen LogP) is 4.45. The summed E-state index contributed by atoms with van der Waals surface area (Å²) in [6.07, 6.45) is 5.81. The molecule has 3 heterocycles. The number of hydrogen-bond acceptors (Lipinski definition) is 6. The summed E-state index contributed by atoms with van der Waals surface area (Å²) in [5.74, 6) is 0.921. The van der Waals surface area contributed by atoms with Gasteiger partial charge in [0, 0.05) is 29.9 Å². The minimum absolute atomic E-state index is 0.0812. The second kappa shape index (κ2) is 11.9. The van der Waals surface area contributed by atoms with Crippen LogP contribution in [0, 0.1) is 0 Å². The highest BCUT2D eigenvalue weighted by Gasteiger charge is 2.12. The number of ether oxygens (including phenoxy) is 1. The molecule has 1 fully saturated rings. The number of fused-ring (bicyclic) bond motifs is 1. The zero-order valence-corrected chi connectivity index (χ0v) is 20.5. The zero-order valence-electron chi connectivity index (χ0n) is 19.7. The first kappa shape index (κ1) is 24.9. The van der Waals surface area contributed by atoms with E-state index < -0.39 is 0 Å². The number of nitrogens with one attached hydrogen (secondary N) is 1. The van der Waals surface area contributed by atoms with Crippen LogP contribution < -0.4 is 15.6 Å². The third-order valence-electron chi connectivity index (χ3n) is 5.80. The van der Waals surface area contributed by atoms with Crippen molar-refractivity contribution in [1.29, 1.82) is 0 Å². The number of aliphatic hydroxyl groups is 1. The molecular formula is C27H29ClN4O3. The molecule has 0 atom stereocenters. The van der Waals surface area contributed by atoms with Crippen LogP contribution in [0.25, 0.3) is 33.4 Å². The van der Waals surface area contributed by atoms with E-state index in [9.17, 15) is 4.79 Å². The lowest BCUT2D eigenvalue weighted by atomic mass is 10.0. The fourth-order valence-corrected chi connectivity index (χ4v) is 4.03. The van der Waals surface area contributed by atoms with Gasteiger partial charge in [-0.1, -0.05) is 36.2 Å². The fourth-order valence-electron chi connectivity index (χ4n) is 3.90. The summed E-state index contributed by atoms with van der Waals surface area (Å²) in [4.78, 5) is 21.9. The van der Waals surface area contributed by atoms with E-state index in [2.05, 4.69) is 15.3 Å². The van der Waals surface area contributed by atoms with Gasteiger partial charge in [-0.15, -0.1) is 0 Å². The van der Waals surface area contributed by atoms with Gasteiger partial charge >= 0.3 is 0 Å². The molecule has 0 amide bonds. The van der Waals surface area contributed by atoms with Gasteiger partial charge in [-0.05, 0) is 67.4 Å². The van der Waals surface area contributed by atoms with Gasteiger partial charge in [0.2, 0.25) is 5.88 Å². The molecule has 35 heavy (non-hydrogen) atoms. The Bertz CT molecular complexity index is 1310. The summed E-state index contributed by atoms with van der Waals surface area (Å²) in [6, 6.07) is 16.6. The van der Waals surface area contributed by atoms with Gasteiger partial charge in [0.05, 0.1) is 17.5 Å². The highest BCUT2D eigenvalue weighted by molar-refractivity contribution is 6.30. The first-order valence-corrected chi connectivity index (χ1v) is 12.1. The normalized spacial score (nSPS) is 13.2. The van der Waals surface area contributed by atoms with Crippen molar-refractivity contribution < 1.29 is 9.84 Å². The first-order valence-electron chi connectivity index (χ1n) is 11.7. The molecule has 5 rings (SSSR count). The smallest absolute Gasteiger partial charge is 0.261 e. The molecule has 1 aliphatic heterocycles. The Labute approximate surface area is 209 Å². The largest absolute Gasteiger partial charge is 0.475 e. The van der Waals surface area contributed by atoms with Crippen LogP contribution in [0.1, 0.15) is 19.3 Å². The second-order valence-electron chi connectivity index (χ2n) is 8.31. The Morgan fingerprint density at radius 2 is 1.71 bits per heavy atom. The molecule has 0 aliphatic carbocycles. The third kappa shape index (κ3) is 6.25. The van der Waals surface area contributed by atoms with Crippen molar-refractivity contribution in [3.8, 4) is 28.4 Å². The van der Waals surface area contributed by atoms with E-state index in [4.69, 9.17) is 21.4 Å². The monoisotopic (exact) mass is 492 g/mol. The highest BCUT2D eigenvalue weighted by Crippen LogP contribution is 2.25. The lowest BCUT2D eigenvalue weighted by Crippen LogP contribution is -2.21. The van der Waals surface area contributed by atoms with Gasteiger partial charge in [-0.25, -0.2) is 9.97 Å². The van der Waals surface area contributed by atoms with E-state index >= 15 is 0 Å². The van der Waals surface area contributed by atoms with Crippen LogP contribution in [0.5, 0.6) is 5.88 Å². The average Bonchev–Trinajstić information content (AvgIpc) is 2.91. The van der Waals surface area contributed by atoms with Crippen LogP contribution >= 0.6 is 11.6 Å². The van der Waals surface area contributed by atoms with Crippen LogP contribution in [-0.4, -0.2) is 45.9 Å². The minimum Gasteiger partial charge on any atom is -0.475 e. The molecule has 4 aromatic rings. The molecule has 7 nitrogen and oxygen atoms in total. The quantitative estimate of drug-likeness (QED) is 0.428. The average molecular weight is 493 g/mol. The molecule has 0 saturated carbocycles. The van der Waals surface area contributed by atoms with Gasteiger partial charge in [-0.3, -0.25) is 9.36 Å². The number of aliphatic hydroxyl groups excluding tert-OH is 1. The fraction of sp³-hybridized carbons (Fsp3) is 0.296. The Morgan fingerprint density at radius 3 is 2.31 bits per heavy atom. The molecule has 2 N–H and O–H groups in total. The van der Waals surface area contributed by atoms with E-state index in [0.29, 0.717) is 33.2 Å². The van der Waals surface area contributed by atoms with Crippen molar-refractivity contribution in [3.63, 3.8) is 0 Å². The van der Waals surface area contributed by atoms with E-state index in [1.807, 2.05) is 42.5 Å². The summed E-state index contributed by atoms with van der Waals surface area (Å²) in [7, 11) is 1.69. The summed E-state index contributed by atoms with van der Waals surface area (Å²) < 4.78 is 6.79. The van der Waals surface area contributed by atoms with E-state index in [0.717, 1.165) is 11.1 Å². The molecule has 1 aliphatic rings. The predicted molar refractivity (Wildman–Crippen MR) is 140 cm³/mol. The van der Waals surface area contributed by atoms with Gasteiger partial charge in [0.25, 0.3) is 5.56 Å². The van der Waals surface area contributed by atoms with Crippen LogP contribution in [0.2, 0.25) is 5.02 Å². The molecule has 8 heteroatoms. The van der Waals surface area contributed by atoms with Crippen LogP contribution in [-0.2, 0) is 7.05 Å². The summed E-state index contributed by atoms with van der Waals surface area (Å²) >= 11 is 5.96. The molecule has 0 bridgehead atoms. The number of aromatic nitrogens is 3. The second-order valence-corrected chi connectivity index (χ2v) is 8.74. The van der Waals surface area contributed by atoms with Gasteiger partial charge in [0.15, 0.2) is 0 Å². The van der Waals surface area contributed by atoms with E-state index in [1.165, 1.54) is 36.9 Å². The van der Waals surface area contributed by atoms with Crippen LogP contribution in [0.15, 0.2) is 65.6 Å². The summed E-state index contributed by atoms with van der Waals surface area (Å²) in [6.45, 7) is 2.59. The molecule has 1 saturated heterocycles. The molecule has 0 radical (unpaired) electrons. The SMILES string of the molecule is C1CCNCC1.Cn1c(-c2ccc(OCCO)nc2)nc2ccc(-c3ccc(Cl)cc3)cc2c1=O. The van der Waals surface area contributed by atoms with Gasteiger partial charge in [-0.2, -0.15) is 0 Å². The number of hydrogen-bond donors (Lipinski definition) is 2. The number of piperidine rings is 1. The molecule has 0 spiro atoms. The number of benzene rings is 2. The Kier molecular flexibility index (Phi) is 8.47. The maximum Gasteiger partial charge on any atom is 0.261 e. The lowest BCUT2D eigenvalue weighted by Gasteiger charge is -2.11. The molecule has 182 valence electrons. The van der Waals surface area contributed by atoms with Gasteiger partial charge < -0.3 is 15.2 Å². The van der Waals surface area contributed by atoms with Crippen molar-refractivity contribution in [2.45, 2.75) is 19.3 Å². The molecule has 2 aromatic heterocycles. The molecular weight excluding hydrogens is 464 g/mol. The first-order chi connectivity index (χ1) is 17.1. The number of halogens is 1. The van der Waals surface area contributed by atoms with Crippen LogP contribution in [0.3, 0.4) is 0 Å². The van der Waals surface area contributed by atoms with Crippen molar-refractivity contribution >= 4 is 22.5 Å². The molecule has 2 aromatic carbocycles. The lowest BCUT2D eigenvalue weighted by molar-refractivity contribution is 0.196. The van der Waals surface area contributed by atoms with Crippen molar-refractivity contribution in [3.05, 3.63) is 76.2 Å². The van der Waals surface area contributed by atoms with E-state index in [-0.39, 0.29) is 18.8 Å². The van der Waals surface area contributed by atoms with Crippen molar-refractivity contribution in [1.82, 2.24) is 19.9 Å². The number of nitrogens with zero attached hydrogens (tertiary/aromatic N) is 3. The molecule has 0 unspecified atom stereocenters. The van der Waals surface area contributed by atoms with Gasteiger partial charge in [0.1, 0.15) is 12.4 Å². The maximum absolute atomic E-state index is 13.0. The topological polar surface area (TPSA) is 89.3 Å². The maximum atomic E-state index is 13.0. The Hall–Kier alpha value is -3.26. The minimum atomic E-state index is -0.138. The standard InChI is InChI=1S/C22H18ClN3O3.C5H11N/c1-26-21(16-5-9-20(24-13-16)29-11-10-27)25-19-8-4-15(12-18(19)22(26)28)14-2-6-17(23)7-3-14;1-2-4-6-5-3-1/h2-9,12-13,27H,10-11H2,1H3;6H,1-5H2. The van der Waals surface area contributed by atoms with Crippen molar-refractivity contribution in [2.24, 2.45) is 7.05 Å². The summed E-state index contributed by atoms with van der Waals surface area (Å²) in [5, 5.41) is 13.3. The van der Waals surface area contributed by atoms with Crippen molar-refractivity contribution in [2.75, 3.05) is 26.3 Å². The highest BCUT2D eigenvalue weighted by atomic mass is 35.5. The Morgan fingerprint density at radius 1 is 1.00 bits per heavy atom. The van der Waals surface area contributed by atoms with Crippen LogP contribution in [0.4, 0.5) is 0 Å². The number of pyridine rings is 1. The van der Waals surface area contributed by atoms with E-state index in [1.54, 1.807) is 25.4 Å². The number of rotatable bonds is 5.